The molecule has 132 valence electrons. The van der Waals surface area contributed by atoms with Gasteiger partial charge in [0.15, 0.2) is 0 Å². The number of carboxylic acids is 1. The summed E-state index contributed by atoms with van der Waals surface area (Å²) in [6.45, 7) is 0.103. The maximum absolute atomic E-state index is 11.8. The van der Waals surface area contributed by atoms with Crippen LogP contribution in [0.5, 0.6) is 0 Å². The van der Waals surface area contributed by atoms with E-state index >= 15 is 0 Å². The van der Waals surface area contributed by atoms with Crippen LogP contribution in [0, 0.1) is 0 Å². The zero-order valence-electron chi connectivity index (χ0n) is 13.7. The number of nitrogens with one attached hydrogen (secondary N) is 1. The first kappa shape index (κ1) is 19.5. The van der Waals surface area contributed by atoms with Gasteiger partial charge in [-0.15, -0.1) is 0 Å². The Bertz CT molecular complexity index is 531. The van der Waals surface area contributed by atoms with E-state index in [-0.39, 0.29) is 13.0 Å². The number of methoxy groups -OCH3 is 1. The SMILES string of the molecule is COC(=O)C(CCCCCC(=O)[O-])NC(=O)OCc1ccccc1. The van der Waals surface area contributed by atoms with Crippen molar-refractivity contribution >= 4 is 18.0 Å². The van der Waals surface area contributed by atoms with Crippen LogP contribution in [0.25, 0.3) is 0 Å². The Hall–Kier alpha value is -2.57. The third-order valence-electron chi connectivity index (χ3n) is 3.36. The number of esters is 1. The normalized spacial score (nSPS) is 11.4. The summed E-state index contributed by atoms with van der Waals surface area (Å²) >= 11 is 0. The van der Waals surface area contributed by atoms with Gasteiger partial charge >= 0.3 is 12.1 Å². The van der Waals surface area contributed by atoms with E-state index in [1.807, 2.05) is 30.3 Å². The second-order valence-corrected chi connectivity index (χ2v) is 5.25. The standard InChI is InChI=1S/C17H23NO6/c1-23-16(21)14(10-6-3-7-11-15(19)20)18-17(22)24-12-13-8-4-2-5-9-13/h2,4-5,8-9,14H,3,6-7,10-12H2,1H3,(H,18,22)(H,19,20)/p-1. The predicted octanol–water partition coefficient (Wildman–Crippen LogP) is 1.15. The molecule has 0 fully saturated rings. The largest absolute Gasteiger partial charge is 0.550 e. The molecule has 1 aromatic rings. The first-order chi connectivity index (χ1) is 11.5. The molecule has 1 unspecified atom stereocenters. The molecule has 0 aliphatic rings. The van der Waals surface area contributed by atoms with Gasteiger partial charge in [-0.3, -0.25) is 0 Å². The van der Waals surface area contributed by atoms with E-state index in [0.29, 0.717) is 25.7 Å². The summed E-state index contributed by atoms with van der Waals surface area (Å²) < 4.78 is 9.73. The molecule has 0 spiro atoms. The molecule has 0 aliphatic carbocycles. The quantitative estimate of drug-likeness (QED) is 0.508. The van der Waals surface area contributed by atoms with Gasteiger partial charge in [0.1, 0.15) is 12.6 Å². The summed E-state index contributed by atoms with van der Waals surface area (Å²) in [6.07, 6.45) is 1.28. The number of carbonyl (C=O) groups excluding carboxylic acids is 3. The molecule has 1 atom stereocenters. The van der Waals surface area contributed by atoms with Gasteiger partial charge in [0, 0.05) is 5.97 Å². The van der Waals surface area contributed by atoms with E-state index in [9.17, 15) is 19.5 Å². The molecule has 1 N–H and O–H groups in total. The number of carboxylic acid groups (broad SMARTS) is 1. The molecular formula is C17H22NO6-. The van der Waals surface area contributed by atoms with Gasteiger partial charge in [-0.05, 0) is 24.8 Å². The fourth-order valence-corrected chi connectivity index (χ4v) is 2.09. The molecule has 0 radical (unpaired) electrons. The van der Waals surface area contributed by atoms with Crippen molar-refractivity contribution in [3.63, 3.8) is 0 Å². The highest BCUT2D eigenvalue weighted by molar-refractivity contribution is 5.81. The van der Waals surface area contributed by atoms with Crippen molar-refractivity contribution < 1.29 is 29.0 Å². The minimum atomic E-state index is -1.10. The average Bonchev–Trinajstić information content (AvgIpc) is 2.58. The van der Waals surface area contributed by atoms with Gasteiger partial charge in [-0.25, -0.2) is 9.59 Å². The Morgan fingerprint density at radius 2 is 1.83 bits per heavy atom. The second kappa shape index (κ2) is 11.0. The lowest BCUT2D eigenvalue weighted by Crippen LogP contribution is -2.41. The van der Waals surface area contributed by atoms with Crippen molar-refractivity contribution in [1.82, 2.24) is 5.32 Å². The van der Waals surface area contributed by atoms with Crippen LogP contribution in [-0.2, 0) is 25.7 Å². The lowest BCUT2D eigenvalue weighted by Gasteiger charge is -2.16. The van der Waals surface area contributed by atoms with Crippen LogP contribution < -0.4 is 10.4 Å². The maximum atomic E-state index is 11.8. The fraction of sp³-hybridized carbons (Fsp3) is 0.471. The summed E-state index contributed by atoms with van der Waals surface area (Å²) in [5.41, 5.74) is 0.838. The van der Waals surface area contributed by atoms with Crippen molar-refractivity contribution in [2.24, 2.45) is 0 Å². The van der Waals surface area contributed by atoms with E-state index in [2.05, 4.69) is 10.1 Å². The summed E-state index contributed by atoms with van der Waals surface area (Å²) in [4.78, 5) is 33.8. The van der Waals surface area contributed by atoms with Crippen LogP contribution in [0.3, 0.4) is 0 Å². The van der Waals surface area contributed by atoms with Gasteiger partial charge in [0.2, 0.25) is 0 Å². The zero-order chi connectivity index (χ0) is 17.8. The van der Waals surface area contributed by atoms with Crippen molar-refractivity contribution in [3.8, 4) is 0 Å². The van der Waals surface area contributed by atoms with Crippen molar-refractivity contribution in [2.75, 3.05) is 7.11 Å². The van der Waals surface area contributed by atoms with Crippen molar-refractivity contribution in [1.29, 1.82) is 0 Å². The Morgan fingerprint density at radius 1 is 1.12 bits per heavy atom. The molecule has 7 heteroatoms. The number of benzene rings is 1. The molecule has 1 aromatic carbocycles. The number of ether oxygens (including phenoxy) is 2. The summed E-state index contributed by atoms with van der Waals surface area (Å²) in [5.74, 6) is -1.66. The number of hydrogen-bond acceptors (Lipinski definition) is 6. The van der Waals surface area contributed by atoms with E-state index < -0.39 is 24.1 Å². The van der Waals surface area contributed by atoms with Gasteiger partial charge in [0.25, 0.3) is 0 Å². The third kappa shape index (κ3) is 8.17. The number of alkyl carbamates (subject to hydrolysis) is 1. The number of unbranched alkanes of at least 4 members (excludes halogenated alkanes) is 2. The van der Waals surface area contributed by atoms with Crippen LogP contribution in [0.15, 0.2) is 30.3 Å². The molecular weight excluding hydrogens is 314 g/mol. The molecule has 0 saturated carbocycles. The summed E-state index contributed by atoms with van der Waals surface area (Å²) in [5, 5.41) is 12.8. The Labute approximate surface area is 141 Å². The highest BCUT2D eigenvalue weighted by Gasteiger charge is 2.21. The first-order valence-electron chi connectivity index (χ1n) is 7.78. The van der Waals surface area contributed by atoms with Crippen molar-refractivity contribution in [3.05, 3.63) is 35.9 Å². The molecule has 24 heavy (non-hydrogen) atoms. The molecule has 0 saturated heterocycles. The number of amides is 1. The number of carbonyl (C=O) groups is 3. The van der Waals surface area contributed by atoms with Crippen LogP contribution in [0.1, 0.15) is 37.7 Å². The van der Waals surface area contributed by atoms with Crippen LogP contribution in [0.2, 0.25) is 0 Å². The second-order valence-electron chi connectivity index (χ2n) is 5.25. The molecule has 0 bridgehead atoms. The fourth-order valence-electron chi connectivity index (χ4n) is 2.09. The van der Waals surface area contributed by atoms with Crippen LogP contribution >= 0.6 is 0 Å². The Balaban J connectivity index is 2.36. The highest BCUT2D eigenvalue weighted by atomic mass is 16.6. The van der Waals surface area contributed by atoms with E-state index in [1.165, 1.54) is 7.11 Å². The predicted molar refractivity (Wildman–Crippen MR) is 83.7 cm³/mol. The third-order valence-corrected chi connectivity index (χ3v) is 3.36. The highest BCUT2D eigenvalue weighted by Crippen LogP contribution is 2.08. The number of aliphatic carboxylic acids is 1. The summed E-state index contributed by atoms with van der Waals surface area (Å²) in [7, 11) is 1.24. The monoisotopic (exact) mass is 336 g/mol. The van der Waals surface area contributed by atoms with Gasteiger partial charge in [0.05, 0.1) is 7.11 Å². The summed E-state index contributed by atoms with van der Waals surface area (Å²) in [6, 6.07) is 8.35. The zero-order valence-corrected chi connectivity index (χ0v) is 13.7. The molecule has 1 rings (SSSR count). The molecule has 0 aromatic heterocycles. The Kier molecular flexibility index (Phi) is 8.96. The smallest absolute Gasteiger partial charge is 0.408 e. The Morgan fingerprint density at radius 3 is 2.46 bits per heavy atom. The first-order valence-corrected chi connectivity index (χ1v) is 7.78. The minimum absolute atomic E-state index is 0.0184. The van der Waals surface area contributed by atoms with E-state index in [0.717, 1.165) is 5.56 Å². The van der Waals surface area contributed by atoms with Gasteiger partial charge < -0.3 is 24.7 Å². The topological polar surface area (TPSA) is 105 Å². The number of rotatable bonds is 10. The molecule has 7 nitrogen and oxygen atoms in total. The van der Waals surface area contributed by atoms with Crippen LogP contribution in [0.4, 0.5) is 4.79 Å². The molecule has 0 aliphatic heterocycles. The number of hydrogen-bond donors (Lipinski definition) is 1. The maximum Gasteiger partial charge on any atom is 0.408 e. The molecule has 0 heterocycles. The van der Waals surface area contributed by atoms with Gasteiger partial charge in [-0.2, -0.15) is 0 Å². The minimum Gasteiger partial charge on any atom is -0.550 e. The van der Waals surface area contributed by atoms with Crippen molar-refractivity contribution in [2.45, 2.75) is 44.8 Å². The lowest BCUT2D eigenvalue weighted by molar-refractivity contribution is -0.305. The lowest BCUT2D eigenvalue weighted by atomic mass is 10.1. The van der Waals surface area contributed by atoms with E-state index in [4.69, 9.17) is 4.74 Å². The molecule has 1 amide bonds. The average molecular weight is 336 g/mol. The van der Waals surface area contributed by atoms with Gasteiger partial charge in [-0.1, -0.05) is 43.2 Å². The van der Waals surface area contributed by atoms with Crippen LogP contribution in [-0.4, -0.2) is 31.2 Å². The van der Waals surface area contributed by atoms with E-state index in [1.54, 1.807) is 0 Å².